The summed E-state index contributed by atoms with van der Waals surface area (Å²) in [4.78, 5) is 32.3. The van der Waals surface area contributed by atoms with Crippen molar-refractivity contribution in [2.45, 2.75) is 35.8 Å². The number of amides is 3. The van der Waals surface area contributed by atoms with E-state index in [2.05, 4.69) is 36.3 Å². The molecule has 0 bridgehead atoms. The van der Waals surface area contributed by atoms with E-state index in [1.165, 1.54) is 28.9 Å². The molecule has 1 aliphatic carbocycles. The molecule has 1 aromatic carbocycles. The normalized spacial score (nSPS) is 17.2. The van der Waals surface area contributed by atoms with Crippen molar-refractivity contribution in [3.05, 3.63) is 47.3 Å². The number of nitrogens with zero attached hydrogens (tertiary/aromatic N) is 4. The highest BCUT2D eigenvalue weighted by molar-refractivity contribution is 8.00. The molecule has 2 fully saturated rings. The molecule has 2 aromatic heterocycles. The third-order valence-corrected chi connectivity index (χ3v) is 5.67. The lowest BCUT2D eigenvalue weighted by Gasteiger charge is -2.11. The zero-order valence-corrected chi connectivity index (χ0v) is 18.1. The van der Waals surface area contributed by atoms with Gasteiger partial charge in [-0.3, -0.25) is 10.1 Å². The van der Waals surface area contributed by atoms with Gasteiger partial charge < -0.3 is 16.0 Å². The van der Waals surface area contributed by atoms with Crippen molar-refractivity contribution in [3.8, 4) is 0 Å². The fourth-order valence-electron chi connectivity index (χ4n) is 3.21. The quantitative estimate of drug-likeness (QED) is 0.226. The minimum absolute atomic E-state index is 0.0709. The molecular formula is C20H17F3N8O2S. The standard InChI is InChI=1S/C20H17F3N8O2S/c21-20(22,23)34-13-5-1-10(2-6-13)8-24-17-28-15-11(7-14-16(32)29-19(33)27-14)9-25-31(15)18(30-17)26-12-3-4-12/h1-2,5-7,9,12H,3-4,8H2,(H2,24,26,28,30)(H2,27,29,32,33)/b14-7-. The number of halogens is 3. The smallest absolute Gasteiger partial charge is 0.351 e. The first-order valence-corrected chi connectivity index (χ1v) is 11.0. The summed E-state index contributed by atoms with van der Waals surface area (Å²) in [5, 5.41) is 15.2. The number of benzene rings is 1. The Hall–Kier alpha value is -3.81. The molecule has 4 N–H and O–H groups in total. The number of carbonyl (C=O) groups is 2. The first-order valence-electron chi connectivity index (χ1n) is 10.2. The lowest BCUT2D eigenvalue weighted by atomic mass is 10.2. The summed E-state index contributed by atoms with van der Waals surface area (Å²) >= 11 is -0.169. The van der Waals surface area contributed by atoms with Crippen molar-refractivity contribution in [2.24, 2.45) is 0 Å². The Kier molecular flexibility index (Phi) is 5.51. The number of hydrogen-bond acceptors (Lipinski definition) is 8. The monoisotopic (exact) mass is 490 g/mol. The Morgan fingerprint density at radius 1 is 1.15 bits per heavy atom. The van der Waals surface area contributed by atoms with E-state index in [0.29, 0.717) is 17.2 Å². The minimum Gasteiger partial charge on any atom is -0.351 e. The zero-order valence-electron chi connectivity index (χ0n) is 17.3. The van der Waals surface area contributed by atoms with Gasteiger partial charge in [-0.05, 0) is 48.4 Å². The van der Waals surface area contributed by atoms with Gasteiger partial charge in [-0.2, -0.15) is 32.8 Å². The van der Waals surface area contributed by atoms with Gasteiger partial charge in [-0.15, -0.1) is 0 Å². The van der Waals surface area contributed by atoms with E-state index in [1.54, 1.807) is 12.1 Å². The lowest BCUT2D eigenvalue weighted by molar-refractivity contribution is -0.115. The molecule has 14 heteroatoms. The van der Waals surface area contributed by atoms with Gasteiger partial charge in [0.25, 0.3) is 5.91 Å². The highest BCUT2D eigenvalue weighted by atomic mass is 32.2. The molecule has 3 amide bonds. The summed E-state index contributed by atoms with van der Waals surface area (Å²) in [5.74, 6) is 0.168. The van der Waals surface area contributed by atoms with Crippen molar-refractivity contribution in [3.63, 3.8) is 0 Å². The van der Waals surface area contributed by atoms with Gasteiger partial charge in [0.05, 0.1) is 6.20 Å². The summed E-state index contributed by atoms with van der Waals surface area (Å²) in [6, 6.07) is 5.66. The van der Waals surface area contributed by atoms with E-state index in [0.717, 1.165) is 18.4 Å². The molecule has 5 rings (SSSR count). The molecule has 3 heterocycles. The molecule has 0 atom stereocenters. The molecule has 1 aliphatic heterocycles. The van der Waals surface area contributed by atoms with Crippen LogP contribution < -0.4 is 21.3 Å². The van der Waals surface area contributed by atoms with E-state index in [9.17, 15) is 22.8 Å². The van der Waals surface area contributed by atoms with Gasteiger partial charge in [0.2, 0.25) is 11.9 Å². The number of rotatable bonds is 7. The van der Waals surface area contributed by atoms with E-state index < -0.39 is 17.4 Å². The number of hydrogen-bond donors (Lipinski definition) is 4. The first-order chi connectivity index (χ1) is 16.2. The maximum atomic E-state index is 12.5. The molecule has 0 radical (unpaired) electrons. The predicted molar refractivity (Wildman–Crippen MR) is 118 cm³/mol. The van der Waals surface area contributed by atoms with E-state index in [1.807, 2.05) is 0 Å². The number of imide groups is 1. The van der Waals surface area contributed by atoms with E-state index >= 15 is 0 Å². The van der Waals surface area contributed by atoms with Crippen LogP contribution in [0, 0.1) is 0 Å². The third-order valence-electron chi connectivity index (χ3n) is 4.93. The van der Waals surface area contributed by atoms with Crippen LogP contribution in [0.5, 0.6) is 0 Å². The molecule has 0 unspecified atom stereocenters. The van der Waals surface area contributed by atoms with Crippen molar-refractivity contribution in [1.29, 1.82) is 0 Å². The predicted octanol–water partition coefficient (Wildman–Crippen LogP) is 3.10. The van der Waals surface area contributed by atoms with Crippen LogP contribution in [-0.4, -0.2) is 43.1 Å². The average molecular weight is 490 g/mol. The number of aromatic nitrogens is 4. The average Bonchev–Trinajstić information content (AvgIpc) is 3.40. The van der Waals surface area contributed by atoms with Gasteiger partial charge >= 0.3 is 11.5 Å². The Balaban J connectivity index is 1.40. The van der Waals surface area contributed by atoms with Gasteiger partial charge in [0.1, 0.15) is 5.70 Å². The molecule has 34 heavy (non-hydrogen) atoms. The van der Waals surface area contributed by atoms with Crippen LogP contribution in [0.3, 0.4) is 0 Å². The third kappa shape index (κ3) is 5.06. The van der Waals surface area contributed by atoms with Crippen molar-refractivity contribution in [1.82, 2.24) is 30.2 Å². The number of anilines is 2. The van der Waals surface area contributed by atoms with Crippen LogP contribution >= 0.6 is 11.8 Å². The number of urea groups is 1. The molecule has 1 saturated carbocycles. The van der Waals surface area contributed by atoms with Gasteiger partial charge in [-0.1, -0.05) is 12.1 Å². The molecule has 10 nitrogen and oxygen atoms in total. The van der Waals surface area contributed by atoms with Crippen LogP contribution in [0.1, 0.15) is 24.0 Å². The summed E-state index contributed by atoms with van der Waals surface area (Å²) < 4.78 is 39.1. The second-order valence-electron chi connectivity index (χ2n) is 7.64. The van der Waals surface area contributed by atoms with E-state index in [4.69, 9.17) is 0 Å². The number of thioether (sulfide) groups is 1. The molecule has 1 saturated heterocycles. The van der Waals surface area contributed by atoms with Gasteiger partial charge in [0, 0.05) is 23.0 Å². The first kappa shape index (κ1) is 22.0. The van der Waals surface area contributed by atoms with Gasteiger partial charge in [-0.25, -0.2) is 4.79 Å². The Bertz CT molecular complexity index is 1300. The number of carbonyl (C=O) groups excluding carboxylic acids is 2. The topological polar surface area (TPSA) is 125 Å². The second-order valence-corrected chi connectivity index (χ2v) is 8.77. The van der Waals surface area contributed by atoms with Crippen LogP contribution in [0.2, 0.25) is 0 Å². The van der Waals surface area contributed by atoms with Crippen LogP contribution in [0.4, 0.5) is 29.9 Å². The molecule has 176 valence electrons. The molecular weight excluding hydrogens is 473 g/mol. The van der Waals surface area contributed by atoms with Crippen LogP contribution in [0.25, 0.3) is 11.7 Å². The van der Waals surface area contributed by atoms with Crippen molar-refractivity contribution >= 4 is 47.3 Å². The largest absolute Gasteiger partial charge is 0.446 e. The Labute approximate surface area is 194 Å². The van der Waals surface area contributed by atoms with Crippen LogP contribution in [0.15, 0.2) is 41.1 Å². The number of alkyl halides is 3. The molecule has 2 aliphatic rings. The lowest BCUT2D eigenvalue weighted by Crippen LogP contribution is -2.22. The highest BCUT2D eigenvalue weighted by Crippen LogP contribution is 2.36. The van der Waals surface area contributed by atoms with Gasteiger partial charge in [0.15, 0.2) is 5.65 Å². The fraction of sp³-hybridized carbons (Fsp3) is 0.250. The van der Waals surface area contributed by atoms with E-state index in [-0.39, 0.29) is 40.9 Å². The maximum Gasteiger partial charge on any atom is 0.446 e. The maximum absolute atomic E-state index is 12.5. The van der Waals surface area contributed by atoms with Crippen molar-refractivity contribution < 1.29 is 22.8 Å². The summed E-state index contributed by atoms with van der Waals surface area (Å²) in [7, 11) is 0. The summed E-state index contributed by atoms with van der Waals surface area (Å²) in [5.41, 5.74) is -2.63. The van der Waals surface area contributed by atoms with Crippen molar-refractivity contribution in [2.75, 3.05) is 10.6 Å². The second kappa shape index (κ2) is 8.52. The number of nitrogens with one attached hydrogen (secondary N) is 4. The number of fused-ring (bicyclic) bond motifs is 1. The summed E-state index contributed by atoms with van der Waals surface area (Å²) in [6.07, 6.45) is 4.98. The highest BCUT2D eigenvalue weighted by Gasteiger charge is 2.29. The zero-order chi connectivity index (χ0) is 23.9. The Morgan fingerprint density at radius 2 is 1.91 bits per heavy atom. The fourth-order valence-corrected chi connectivity index (χ4v) is 3.75. The Morgan fingerprint density at radius 3 is 2.56 bits per heavy atom. The SMILES string of the molecule is O=C1NC(=O)/C(=C/c2cnn3c(NC4CC4)nc(NCc4ccc(SC(F)(F)F)cc4)nc23)N1. The molecule has 0 spiro atoms. The molecule has 3 aromatic rings. The van der Waals surface area contributed by atoms with Crippen LogP contribution in [-0.2, 0) is 11.3 Å². The summed E-state index contributed by atoms with van der Waals surface area (Å²) in [6.45, 7) is 0.277. The minimum atomic E-state index is -4.34.